The number of amides is 1. The summed E-state index contributed by atoms with van der Waals surface area (Å²) in [4.78, 5) is 25.3. The van der Waals surface area contributed by atoms with Crippen LogP contribution in [0, 0.1) is 0 Å². The zero-order chi connectivity index (χ0) is 29.3. The molecule has 15 nitrogen and oxygen atoms in total. The van der Waals surface area contributed by atoms with E-state index >= 15 is 0 Å². The third-order valence-corrected chi connectivity index (χ3v) is 7.59. The van der Waals surface area contributed by atoms with Gasteiger partial charge in [-0.05, 0) is 36.2 Å². The maximum atomic E-state index is 12.5. The Labute approximate surface area is 234 Å². The molecule has 0 spiro atoms. The molecular weight excluding hydrogens is 554 g/mol. The van der Waals surface area contributed by atoms with Crippen LogP contribution in [0.2, 0.25) is 0 Å². The predicted molar refractivity (Wildman–Crippen MR) is 150 cm³/mol. The summed E-state index contributed by atoms with van der Waals surface area (Å²) in [6.07, 6.45) is -3.12. The highest BCUT2D eigenvalue weighted by molar-refractivity contribution is 7.88. The zero-order valence-electron chi connectivity index (χ0n) is 21.8. The third-order valence-electron chi connectivity index (χ3n) is 6.59. The molecular formula is C25H29N9O6S. The first kappa shape index (κ1) is 28.2. The van der Waals surface area contributed by atoms with Crippen LogP contribution in [0.4, 0.5) is 23.1 Å². The Bertz CT molecular complexity index is 1680. The maximum absolute atomic E-state index is 12.5. The number of nitrogen functional groups attached to an aromatic ring is 2. The lowest BCUT2D eigenvalue weighted by atomic mass is 10.1. The van der Waals surface area contributed by atoms with Gasteiger partial charge >= 0.3 is 10.2 Å². The number of benzene rings is 2. The molecule has 0 unspecified atom stereocenters. The number of carbonyl (C=O) groups excluding carboxylic acids is 1. The monoisotopic (exact) mass is 583 g/mol. The average Bonchev–Trinajstić information content (AvgIpc) is 3.48. The molecule has 41 heavy (non-hydrogen) atoms. The van der Waals surface area contributed by atoms with Gasteiger partial charge in [-0.1, -0.05) is 31.2 Å². The topological polar surface area (TPSA) is 233 Å². The van der Waals surface area contributed by atoms with E-state index < -0.39 is 47.2 Å². The zero-order valence-corrected chi connectivity index (χ0v) is 22.6. The number of fused-ring (bicyclic) bond motifs is 1. The van der Waals surface area contributed by atoms with Crippen LogP contribution in [0.3, 0.4) is 0 Å². The van der Waals surface area contributed by atoms with Crippen LogP contribution < -0.4 is 26.2 Å². The van der Waals surface area contributed by atoms with Crippen molar-refractivity contribution in [2.24, 2.45) is 0 Å². The van der Waals surface area contributed by atoms with Gasteiger partial charge in [0.1, 0.15) is 23.8 Å². The number of carbonyl (C=O) groups is 1. The summed E-state index contributed by atoms with van der Waals surface area (Å²) in [6, 6.07) is 13.7. The van der Waals surface area contributed by atoms with Crippen molar-refractivity contribution in [1.82, 2.24) is 29.0 Å². The first-order valence-electron chi connectivity index (χ1n) is 12.6. The van der Waals surface area contributed by atoms with Crippen LogP contribution in [0.25, 0.3) is 11.2 Å². The largest absolute Gasteiger partial charge is 0.398 e. The molecule has 216 valence electrons. The van der Waals surface area contributed by atoms with Gasteiger partial charge in [-0.2, -0.15) is 23.1 Å². The van der Waals surface area contributed by atoms with E-state index in [1.165, 1.54) is 29.1 Å². The Kier molecular flexibility index (Phi) is 7.74. The van der Waals surface area contributed by atoms with E-state index in [0.29, 0.717) is 0 Å². The van der Waals surface area contributed by atoms with Crippen LogP contribution >= 0.6 is 0 Å². The van der Waals surface area contributed by atoms with Crippen LogP contribution in [0.5, 0.6) is 0 Å². The molecule has 1 aliphatic heterocycles. The number of aliphatic hydroxyl groups excluding tert-OH is 2. The van der Waals surface area contributed by atoms with Crippen LogP contribution in [0.15, 0.2) is 54.9 Å². The number of nitrogens with one attached hydrogen (secondary N) is 3. The Morgan fingerprint density at radius 2 is 1.80 bits per heavy atom. The number of nitrogens with zero attached hydrogens (tertiary/aromatic N) is 4. The van der Waals surface area contributed by atoms with E-state index in [2.05, 4.69) is 31.9 Å². The standard InChI is InChI=1S/C25H29N9O6S/c1-2-13-7-9-14(10-8-13)30-25-31-21(27)18-22(32-25)34(12-28-18)24-20(36)19(35)17(40-24)11-29-41(38,39)33-23(37)15-5-3-4-6-16(15)26/h3-10,12,17,19-20,24,29,35-36H,2,11,26H2,1H3,(H,33,37)(H3,27,30,31,32)/t17-,19-,20-,24-/m1/s1. The minimum absolute atomic E-state index is 0.0226. The highest BCUT2D eigenvalue weighted by Gasteiger charge is 2.44. The van der Waals surface area contributed by atoms with Gasteiger partial charge in [0.05, 0.1) is 11.9 Å². The van der Waals surface area contributed by atoms with Crippen molar-refractivity contribution < 1.29 is 28.2 Å². The molecule has 1 fully saturated rings. The van der Waals surface area contributed by atoms with Gasteiger partial charge in [-0.25, -0.2) is 9.71 Å². The summed E-state index contributed by atoms with van der Waals surface area (Å²) in [6.45, 7) is 1.59. The molecule has 0 bridgehead atoms. The molecule has 16 heteroatoms. The summed E-state index contributed by atoms with van der Waals surface area (Å²) in [5.74, 6) is -0.684. The van der Waals surface area contributed by atoms with Crippen molar-refractivity contribution in [2.45, 2.75) is 37.9 Å². The molecule has 0 aliphatic carbocycles. The van der Waals surface area contributed by atoms with Crippen LogP contribution in [0.1, 0.15) is 29.1 Å². The van der Waals surface area contributed by atoms with Gasteiger partial charge < -0.3 is 31.7 Å². The Morgan fingerprint density at radius 1 is 1.07 bits per heavy atom. The summed E-state index contributed by atoms with van der Waals surface area (Å²) >= 11 is 0. The number of hydrogen-bond donors (Lipinski definition) is 7. The number of aryl methyl sites for hydroxylation is 1. The fourth-order valence-electron chi connectivity index (χ4n) is 4.37. The summed E-state index contributed by atoms with van der Waals surface area (Å²) < 4.78 is 36.1. The second-order valence-corrected chi connectivity index (χ2v) is 10.8. The number of aromatic nitrogens is 4. The number of para-hydroxylation sites is 1. The van der Waals surface area contributed by atoms with E-state index in [1.54, 1.807) is 6.07 Å². The van der Waals surface area contributed by atoms with Crippen molar-refractivity contribution in [3.63, 3.8) is 0 Å². The molecule has 0 saturated carbocycles. The van der Waals surface area contributed by atoms with Gasteiger partial charge in [-0.15, -0.1) is 0 Å². The second-order valence-electron chi connectivity index (χ2n) is 9.35. The highest BCUT2D eigenvalue weighted by atomic mass is 32.2. The molecule has 0 radical (unpaired) electrons. The van der Waals surface area contributed by atoms with Crippen LogP contribution in [-0.2, 0) is 21.4 Å². The summed E-state index contributed by atoms with van der Waals surface area (Å²) in [5, 5.41) is 24.5. The van der Waals surface area contributed by atoms with E-state index in [-0.39, 0.29) is 34.2 Å². The number of rotatable bonds is 9. The molecule has 4 atom stereocenters. The van der Waals surface area contributed by atoms with Crippen LogP contribution in [-0.4, -0.2) is 68.9 Å². The lowest BCUT2D eigenvalue weighted by Crippen LogP contribution is -2.45. The number of nitrogens with two attached hydrogens (primary N) is 2. The smallest absolute Gasteiger partial charge is 0.301 e. The first-order chi connectivity index (χ1) is 19.6. The highest BCUT2D eigenvalue weighted by Crippen LogP contribution is 2.32. The van der Waals surface area contributed by atoms with Gasteiger partial charge in [0.15, 0.2) is 17.7 Å². The molecule has 3 heterocycles. The fourth-order valence-corrected chi connectivity index (χ4v) is 5.18. The number of imidazole rings is 1. The fraction of sp³-hybridized carbons (Fsp3) is 0.280. The Morgan fingerprint density at radius 3 is 2.51 bits per heavy atom. The molecule has 1 aliphatic rings. The second kappa shape index (κ2) is 11.3. The van der Waals surface area contributed by atoms with Gasteiger partial charge in [0.2, 0.25) is 5.95 Å². The van der Waals surface area contributed by atoms with Gasteiger partial charge in [-0.3, -0.25) is 9.36 Å². The maximum Gasteiger partial charge on any atom is 0.301 e. The van der Waals surface area contributed by atoms with Gasteiger partial charge in [0, 0.05) is 17.9 Å². The SMILES string of the molecule is CCc1ccc(Nc2nc(N)c3ncn([C@@H]4O[C@H](CNS(=O)(=O)NC(=O)c5ccccc5N)[C@@H](O)[C@H]4O)c3n2)cc1. The Hall–Kier alpha value is -4.35. The van der Waals surface area contributed by atoms with Crippen molar-refractivity contribution in [2.75, 3.05) is 23.3 Å². The molecule has 4 aromatic rings. The molecule has 1 saturated heterocycles. The minimum Gasteiger partial charge on any atom is -0.398 e. The van der Waals surface area contributed by atoms with E-state index in [1.807, 2.05) is 29.0 Å². The number of anilines is 4. The molecule has 5 rings (SSSR count). The summed E-state index contributed by atoms with van der Waals surface area (Å²) in [5.41, 5.74) is 14.3. The number of ether oxygens (including phenoxy) is 1. The van der Waals surface area contributed by atoms with E-state index in [4.69, 9.17) is 16.2 Å². The van der Waals surface area contributed by atoms with Gasteiger partial charge in [0.25, 0.3) is 5.91 Å². The van der Waals surface area contributed by atoms with E-state index in [0.717, 1.165) is 17.7 Å². The molecule has 9 N–H and O–H groups in total. The van der Waals surface area contributed by atoms with Crippen molar-refractivity contribution >= 4 is 50.4 Å². The first-order valence-corrected chi connectivity index (χ1v) is 14.1. The lowest BCUT2D eigenvalue weighted by Gasteiger charge is -2.17. The normalized spacial score (nSPS) is 20.8. The number of aliphatic hydroxyl groups is 2. The molecule has 1 amide bonds. The average molecular weight is 584 g/mol. The van der Waals surface area contributed by atoms with Crippen molar-refractivity contribution in [3.05, 3.63) is 66.0 Å². The Balaban J connectivity index is 1.30. The third kappa shape index (κ3) is 5.91. The van der Waals surface area contributed by atoms with E-state index in [9.17, 15) is 23.4 Å². The van der Waals surface area contributed by atoms with Crippen molar-refractivity contribution in [1.29, 1.82) is 0 Å². The van der Waals surface area contributed by atoms with Crippen molar-refractivity contribution in [3.8, 4) is 0 Å². The molecule has 2 aromatic carbocycles. The molecule has 2 aromatic heterocycles. The summed E-state index contributed by atoms with van der Waals surface area (Å²) in [7, 11) is -4.37. The lowest BCUT2D eigenvalue weighted by molar-refractivity contribution is -0.0330. The minimum atomic E-state index is -4.37. The predicted octanol–water partition coefficient (Wildman–Crippen LogP) is 0.180. The number of hydrogen-bond acceptors (Lipinski definition) is 12. The quantitative estimate of drug-likeness (QED) is 0.131.